The molecule has 1 saturated heterocycles. The van der Waals surface area contributed by atoms with Gasteiger partial charge in [0.05, 0.1) is 6.61 Å². The van der Waals surface area contributed by atoms with Gasteiger partial charge < -0.3 is 0 Å². The predicted molar refractivity (Wildman–Crippen MR) is 173 cm³/mol. The van der Waals surface area contributed by atoms with Crippen LogP contribution in [-0.2, 0) is 11.3 Å². The summed E-state index contributed by atoms with van der Waals surface area (Å²) in [5.74, 6) is 4.51. The van der Waals surface area contributed by atoms with Gasteiger partial charge in [0.25, 0.3) is 0 Å². The number of benzene rings is 1. The molecule has 2 aliphatic carbocycles. The number of nitrogens with zero attached hydrogens (tertiary/aromatic N) is 1. The minimum Gasteiger partial charge on any atom is -0.298 e. The average Bonchev–Trinajstić information content (AvgIpc) is 2.95. The van der Waals surface area contributed by atoms with Crippen LogP contribution in [0.5, 0.6) is 0 Å². The summed E-state index contributed by atoms with van der Waals surface area (Å²) in [5.41, 5.74) is 3.28. The topological polar surface area (TPSA) is 12.5 Å². The maximum atomic E-state index is 6.52. The van der Waals surface area contributed by atoms with E-state index in [4.69, 9.17) is 4.84 Å². The second-order valence-electron chi connectivity index (χ2n) is 15.2. The Bertz CT molecular complexity index is 851. The Morgan fingerprint density at radius 3 is 1.82 bits per heavy atom. The molecule has 0 aromatic heterocycles. The van der Waals surface area contributed by atoms with Crippen molar-refractivity contribution in [3.05, 3.63) is 48.0 Å². The van der Waals surface area contributed by atoms with Crippen molar-refractivity contribution in [3.8, 4) is 0 Å². The molecule has 2 heteroatoms. The van der Waals surface area contributed by atoms with Gasteiger partial charge in [-0.3, -0.25) is 4.84 Å². The predicted octanol–water partition coefficient (Wildman–Crippen LogP) is 11.1. The van der Waals surface area contributed by atoms with Crippen molar-refractivity contribution in [1.82, 2.24) is 5.06 Å². The van der Waals surface area contributed by atoms with E-state index < -0.39 is 0 Å². The van der Waals surface area contributed by atoms with Crippen LogP contribution in [0.15, 0.2) is 36.9 Å². The van der Waals surface area contributed by atoms with Crippen molar-refractivity contribution in [1.29, 1.82) is 0 Å². The molecular weight excluding hydrogens is 486 g/mol. The van der Waals surface area contributed by atoms with Crippen LogP contribution in [0.1, 0.15) is 154 Å². The number of rotatable bonds is 13. The van der Waals surface area contributed by atoms with Crippen LogP contribution in [0.4, 0.5) is 0 Å². The van der Waals surface area contributed by atoms with Crippen LogP contribution >= 0.6 is 0 Å². The van der Waals surface area contributed by atoms with E-state index in [-0.39, 0.29) is 11.1 Å². The molecular formula is C38H63NO. The van der Waals surface area contributed by atoms with Gasteiger partial charge in [-0.25, -0.2) is 0 Å². The number of hydroxylamine groups is 2. The van der Waals surface area contributed by atoms with E-state index in [1.54, 1.807) is 5.56 Å². The highest BCUT2D eigenvalue weighted by Gasteiger charge is 2.48. The first kappa shape index (κ1) is 31.8. The Hall–Kier alpha value is -1.12. The van der Waals surface area contributed by atoms with Crippen LogP contribution in [-0.4, -0.2) is 22.7 Å². The lowest BCUT2D eigenvalue weighted by Crippen LogP contribution is -2.61. The van der Waals surface area contributed by atoms with E-state index in [0.717, 1.165) is 49.0 Å². The molecule has 2 saturated carbocycles. The first-order valence-corrected chi connectivity index (χ1v) is 17.4. The second kappa shape index (κ2) is 14.9. The molecule has 0 unspecified atom stereocenters. The molecule has 0 N–H and O–H groups in total. The molecule has 0 spiro atoms. The fourth-order valence-corrected chi connectivity index (χ4v) is 9.12. The summed E-state index contributed by atoms with van der Waals surface area (Å²) in [6.07, 6.45) is 24.9. The van der Waals surface area contributed by atoms with Gasteiger partial charge in [0.2, 0.25) is 0 Å². The number of piperidine rings is 1. The van der Waals surface area contributed by atoms with E-state index >= 15 is 0 Å². The molecule has 0 atom stereocenters. The molecule has 0 bridgehead atoms. The molecule has 0 amide bonds. The largest absolute Gasteiger partial charge is 0.298 e. The number of unbranched alkanes of at least 4 members (excludes halogenated alkanes) is 4. The fourth-order valence-electron chi connectivity index (χ4n) is 9.12. The monoisotopic (exact) mass is 549 g/mol. The smallest absolute Gasteiger partial charge is 0.0685 e. The van der Waals surface area contributed by atoms with Crippen molar-refractivity contribution >= 4 is 0 Å². The third-order valence-corrected chi connectivity index (χ3v) is 11.1. The van der Waals surface area contributed by atoms with Gasteiger partial charge in [0, 0.05) is 11.1 Å². The van der Waals surface area contributed by atoms with Crippen molar-refractivity contribution in [2.75, 3.05) is 6.61 Å². The summed E-state index contributed by atoms with van der Waals surface area (Å²) in [6, 6.07) is 9.56. The number of aryl methyl sites for hydroxylation is 1. The van der Waals surface area contributed by atoms with Gasteiger partial charge >= 0.3 is 0 Å². The van der Waals surface area contributed by atoms with Gasteiger partial charge in [-0.05, 0) is 152 Å². The third kappa shape index (κ3) is 8.47. The number of allylic oxidation sites excluding steroid dienone is 1. The highest BCUT2D eigenvalue weighted by atomic mass is 16.7. The summed E-state index contributed by atoms with van der Waals surface area (Å²) in [7, 11) is 0. The molecule has 1 aromatic carbocycles. The average molecular weight is 550 g/mol. The Morgan fingerprint density at radius 1 is 0.750 bits per heavy atom. The molecule has 226 valence electrons. The summed E-state index contributed by atoms with van der Waals surface area (Å²) in [4.78, 5) is 6.52. The first-order chi connectivity index (χ1) is 19.2. The molecule has 1 aliphatic heterocycles. The lowest BCUT2D eigenvalue weighted by molar-refractivity contribution is -0.291. The van der Waals surface area contributed by atoms with E-state index in [1.165, 1.54) is 102 Å². The number of hydrogen-bond acceptors (Lipinski definition) is 2. The highest BCUT2D eigenvalue weighted by Crippen LogP contribution is 2.50. The minimum absolute atomic E-state index is 0.120. The fraction of sp³-hybridized carbons (Fsp3) is 0.789. The normalized spacial score (nSPS) is 29.3. The Kier molecular flexibility index (Phi) is 11.8. The standard InChI is InChI=1S/C38H63NO/c1-7-9-11-12-13-27-40-39-37(3,4)28-36(29-38(39,5)6)35-25-23-34(24-26-35)33-21-19-32(20-22-33)31-17-15-30(16-18-31)14-10-8-2/h8,15-18,32-36H,2,7,9-14,19-29H2,1,3-6H3. The summed E-state index contributed by atoms with van der Waals surface area (Å²) in [6.45, 7) is 16.8. The lowest BCUT2D eigenvalue weighted by atomic mass is 9.63. The maximum absolute atomic E-state index is 6.52. The van der Waals surface area contributed by atoms with Crippen molar-refractivity contribution < 1.29 is 4.84 Å². The third-order valence-electron chi connectivity index (χ3n) is 11.1. The first-order valence-electron chi connectivity index (χ1n) is 17.4. The van der Waals surface area contributed by atoms with Crippen LogP contribution in [0, 0.1) is 23.7 Å². The van der Waals surface area contributed by atoms with Gasteiger partial charge in [0.1, 0.15) is 0 Å². The molecule has 4 rings (SSSR count). The second-order valence-corrected chi connectivity index (χ2v) is 15.2. The van der Waals surface area contributed by atoms with Crippen LogP contribution in [0.2, 0.25) is 0 Å². The molecule has 3 aliphatic rings. The summed E-state index contributed by atoms with van der Waals surface area (Å²) in [5, 5.41) is 2.41. The Balaban J connectivity index is 1.21. The van der Waals surface area contributed by atoms with E-state index in [2.05, 4.69) is 70.5 Å². The van der Waals surface area contributed by atoms with Crippen LogP contribution < -0.4 is 0 Å². The van der Waals surface area contributed by atoms with Gasteiger partial charge in [-0.15, -0.1) is 6.58 Å². The molecule has 3 fully saturated rings. The van der Waals surface area contributed by atoms with E-state index in [0.29, 0.717) is 0 Å². The zero-order chi connectivity index (χ0) is 28.6. The molecule has 1 heterocycles. The van der Waals surface area contributed by atoms with Crippen LogP contribution in [0.25, 0.3) is 0 Å². The van der Waals surface area contributed by atoms with Crippen molar-refractivity contribution in [2.24, 2.45) is 23.7 Å². The summed E-state index contributed by atoms with van der Waals surface area (Å²) >= 11 is 0. The minimum atomic E-state index is 0.120. The lowest BCUT2D eigenvalue weighted by Gasteiger charge is -2.56. The zero-order valence-electron chi connectivity index (χ0n) is 27.1. The van der Waals surface area contributed by atoms with E-state index in [1.807, 2.05) is 6.08 Å². The molecule has 40 heavy (non-hydrogen) atoms. The van der Waals surface area contributed by atoms with Crippen LogP contribution in [0.3, 0.4) is 0 Å². The van der Waals surface area contributed by atoms with Crippen molar-refractivity contribution in [3.63, 3.8) is 0 Å². The number of hydrogen-bond donors (Lipinski definition) is 0. The Morgan fingerprint density at radius 2 is 1.27 bits per heavy atom. The zero-order valence-corrected chi connectivity index (χ0v) is 27.1. The van der Waals surface area contributed by atoms with E-state index in [9.17, 15) is 0 Å². The maximum Gasteiger partial charge on any atom is 0.0685 e. The Labute approximate surface area is 248 Å². The molecule has 2 nitrogen and oxygen atoms in total. The van der Waals surface area contributed by atoms with Gasteiger partial charge in [0.15, 0.2) is 0 Å². The quantitative estimate of drug-likeness (QED) is 0.179. The van der Waals surface area contributed by atoms with Crippen molar-refractivity contribution in [2.45, 2.75) is 161 Å². The SMILES string of the molecule is C=CCCc1ccc(C2CCC(C3CCC(C4CC(C)(C)N(OCCCCCCC)C(C)(C)C4)CC3)CC2)cc1. The van der Waals surface area contributed by atoms with Gasteiger partial charge in [-0.2, -0.15) is 5.06 Å². The van der Waals surface area contributed by atoms with Gasteiger partial charge in [-0.1, -0.05) is 62.9 Å². The summed E-state index contributed by atoms with van der Waals surface area (Å²) < 4.78 is 0. The highest BCUT2D eigenvalue weighted by molar-refractivity contribution is 5.26. The molecule has 0 radical (unpaired) electrons. The molecule has 1 aromatic rings.